The highest BCUT2D eigenvalue weighted by molar-refractivity contribution is 5.36. The van der Waals surface area contributed by atoms with E-state index in [4.69, 9.17) is 0 Å². The summed E-state index contributed by atoms with van der Waals surface area (Å²) in [4.78, 5) is 0. The van der Waals surface area contributed by atoms with Crippen molar-refractivity contribution in [1.82, 2.24) is 5.32 Å². The first kappa shape index (κ1) is 15.0. The zero-order chi connectivity index (χ0) is 14.0. The highest BCUT2D eigenvalue weighted by atomic mass is 19.4. The second kappa shape index (κ2) is 5.28. The summed E-state index contributed by atoms with van der Waals surface area (Å²) in [5.41, 5.74) is 1.40. The third-order valence-electron chi connectivity index (χ3n) is 2.98. The fourth-order valence-electron chi connectivity index (χ4n) is 1.86. The maximum absolute atomic E-state index is 12.3. The van der Waals surface area contributed by atoms with Crippen molar-refractivity contribution < 1.29 is 18.3 Å². The van der Waals surface area contributed by atoms with Gasteiger partial charge in [-0.2, -0.15) is 13.2 Å². The molecule has 2 nitrogen and oxygen atoms in total. The van der Waals surface area contributed by atoms with E-state index in [0.29, 0.717) is 5.56 Å². The van der Waals surface area contributed by atoms with Crippen molar-refractivity contribution >= 4 is 0 Å². The van der Waals surface area contributed by atoms with Crippen molar-refractivity contribution in [3.63, 3.8) is 0 Å². The maximum atomic E-state index is 12.3. The number of rotatable bonds is 4. The van der Waals surface area contributed by atoms with Gasteiger partial charge in [-0.15, -0.1) is 0 Å². The van der Waals surface area contributed by atoms with Gasteiger partial charge in [-0.1, -0.05) is 23.8 Å². The van der Waals surface area contributed by atoms with Gasteiger partial charge in [0.15, 0.2) is 0 Å². The monoisotopic (exact) mass is 261 g/mol. The van der Waals surface area contributed by atoms with Gasteiger partial charge >= 0.3 is 6.18 Å². The number of alkyl halides is 3. The van der Waals surface area contributed by atoms with Crippen LogP contribution in [0.5, 0.6) is 0 Å². The van der Waals surface area contributed by atoms with Gasteiger partial charge in [0.2, 0.25) is 0 Å². The standard InChI is InChI=1S/C13H18F3NO/c1-9-4-5-10(2)11(6-9)12(3,8-18)17-7-13(14,15)16/h4-6,17-18H,7-8H2,1-3H3. The van der Waals surface area contributed by atoms with Crippen molar-refractivity contribution in [2.75, 3.05) is 13.2 Å². The molecule has 1 atom stereocenters. The first-order valence-electron chi connectivity index (χ1n) is 5.68. The predicted molar refractivity (Wildman–Crippen MR) is 64.4 cm³/mol. The number of aliphatic hydroxyl groups excluding tert-OH is 1. The third-order valence-corrected chi connectivity index (χ3v) is 2.98. The maximum Gasteiger partial charge on any atom is 0.401 e. The summed E-state index contributed by atoms with van der Waals surface area (Å²) in [6.45, 7) is 3.73. The summed E-state index contributed by atoms with van der Waals surface area (Å²) >= 11 is 0. The van der Waals surface area contributed by atoms with Crippen molar-refractivity contribution in [3.05, 3.63) is 34.9 Å². The molecule has 0 spiro atoms. The van der Waals surface area contributed by atoms with Crippen LogP contribution in [0.4, 0.5) is 13.2 Å². The molecule has 0 aliphatic carbocycles. The van der Waals surface area contributed by atoms with E-state index in [2.05, 4.69) is 5.32 Å². The van der Waals surface area contributed by atoms with Crippen LogP contribution in [-0.4, -0.2) is 24.4 Å². The molecule has 2 N–H and O–H groups in total. The molecule has 0 heterocycles. The van der Waals surface area contributed by atoms with Gasteiger partial charge in [0.05, 0.1) is 18.7 Å². The molecule has 1 rings (SSSR count). The van der Waals surface area contributed by atoms with Gasteiger partial charge < -0.3 is 5.11 Å². The first-order chi connectivity index (χ1) is 8.18. The molecule has 0 radical (unpaired) electrons. The number of hydrogen-bond donors (Lipinski definition) is 2. The summed E-state index contributed by atoms with van der Waals surface area (Å²) in [5.74, 6) is 0. The molecule has 0 aliphatic heterocycles. The second-order valence-electron chi connectivity index (χ2n) is 4.78. The quantitative estimate of drug-likeness (QED) is 0.873. The SMILES string of the molecule is Cc1ccc(C)c(C(C)(CO)NCC(F)(F)F)c1. The Morgan fingerprint density at radius 1 is 1.22 bits per heavy atom. The number of halogens is 3. The normalized spacial score (nSPS) is 15.5. The van der Waals surface area contributed by atoms with Gasteiger partial charge in [0, 0.05) is 0 Å². The number of aryl methyl sites for hydroxylation is 2. The van der Waals surface area contributed by atoms with Gasteiger partial charge in [-0.3, -0.25) is 5.32 Å². The van der Waals surface area contributed by atoms with E-state index in [1.807, 2.05) is 26.0 Å². The van der Waals surface area contributed by atoms with E-state index < -0.39 is 24.9 Å². The average molecular weight is 261 g/mol. The summed E-state index contributed by atoms with van der Waals surface area (Å²) in [6, 6.07) is 5.53. The van der Waals surface area contributed by atoms with Crippen LogP contribution in [0, 0.1) is 13.8 Å². The molecule has 102 valence electrons. The number of aliphatic hydroxyl groups is 1. The van der Waals surface area contributed by atoms with Crippen LogP contribution < -0.4 is 5.32 Å². The van der Waals surface area contributed by atoms with E-state index in [-0.39, 0.29) is 0 Å². The summed E-state index contributed by atoms with van der Waals surface area (Å²) in [6.07, 6.45) is -4.30. The van der Waals surface area contributed by atoms with Crippen LogP contribution in [0.2, 0.25) is 0 Å². The second-order valence-corrected chi connectivity index (χ2v) is 4.78. The fourth-order valence-corrected chi connectivity index (χ4v) is 1.86. The molecule has 0 aromatic heterocycles. The predicted octanol–water partition coefficient (Wildman–Crippen LogP) is 2.66. The van der Waals surface area contributed by atoms with Crippen molar-refractivity contribution in [1.29, 1.82) is 0 Å². The van der Waals surface area contributed by atoms with Gasteiger partial charge in [0.1, 0.15) is 0 Å². The molecule has 1 aromatic carbocycles. The molecular formula is C13H18F3NO. The van der Waals surface area contributed by atoms with Gasteiger partial charge in [-0.05, 0) is 31.9 Å². The lowest BCUT2D eigenvalue weighted by molar-refractivity contribution is -0.129. The van der Waals surface area contributed by atoms with Crippen molar-refractivity contribution in [2.45, 2.75) is 32.5 Å². The largest absolute Gasteiger partial charge is 0.401 e. The van der Waals surface area contributed by atoms with E-state index >= 15 is 0 Å². The third kappa shape index (κ3) is 3.71. The van der Waals surface area contributed by atoms with Gasteiger partial charge in [-0.25, -0.2) is 0 Å². The molecule has 0 saturated heterocycles. The fraction of sp³-hybridized carbons (Fsp3) is 0.538. The lowest BCUT2D eigenvalue weighted by Crippen LogP contribution is -2.47. The Morgan fingerprint density at radius 2 is 1.83 bits per heavy atom. The number of nitrogens with one attached hydrogen (secondary N) is 1. The smallest absolute Gasteiger partial charge is 0.394 e. The molecular weight excluding hydrogens is 243 g/mol. The molecule has 0 fully saturated rings. The van der Waals surface area contributed by atoms with Crippen LogP contribution in [0.15, 0.2) is 18.2 Å². The minimum Gasteiger partial charge on any atom is -0.394 e. The minimum atomic E-state index is -4.30. The summed E-state index contributed by atoms with van der Waals surface area (Å²) < 4.78 is 36.8. The van der Waals surface area contributed by atoms with E-state index in [1.165, 1.54) is 0 Å². The lowest BCUT2D eigenvalue weighted by atomic mass is 9.88. The molecule has 0 aliphatic rings. The highest BCUT2D eigenvalue weighted by Crippen LogP contribution is 2.26. The van der Waals surface area contributed by atoms with Crippen LogP contribution in [0.25, 0.3) is 0 Å². The Labute approximate surface area is 105 Å². The highest BCUT2D eigenvalue weighted by Gasteiger charge is 2.34. The van der Waals surface area contributed by atoms with Crippen LogP contribution in [0.1, 0.15) is 23.6 Å². The lowest BCUT2D eigenvalue weighted by Gasteiger charge is -2.31. The van der Waals surface area contributed by atoms with Crippen LogP contribution in [-0.2, 0) is 5.54 Å². The van der Waals surface area contributed by atoms with Crippen LogP contribution in [0.3, 0.4) is 0 Å². The Balaban J connectivity index is 3.03. The topological polar surface area (TPSA) is 32.3 Å². The van der Waals surface area contributed by atoms with Crippen molar-refractivity contribution in [2.24, 2.45) is 0 Å². The summed E-state index contributed by atoms with van der Waals surface area (Å²) in [7, 11) is 0. The Morgan fingerprint density at radius 3 is 2.33 bits per heavy atom. The van der Waals surface area contributed by atoms with Gasteiger partial charge in [0.25, 0.3) is 0 Å². The van der Waals surface area contributed by atoms with E-state index in [1.54, 1.807) is 13.0 Å². The molecule has 0 saturated carbocycles. The van der Waals surface area contributed by atoms with E-state index in [9.17, 15) is 18.3 Å². The summed E-state index contributed by atoms with van der Waals surface area (Å²) in [5, 5.41) is 11.8. The van der Waals surface area contributed by atoms with Crippen LogP contribution >= 0.6 is 0 Å². The number of benzene rings is 1. The molecule has 0 bridgehead atoms. The number of hydrogen-bond acceptors (Lipinski definition) is 2. The molecule has 1 aromatic rings. The van der Waals surface area contributed by atoms with E-state index in [0.717, 1.165) is 11.1 Å². The zero-order valence-electron chi connectivity index (χ0n) is 10.7. The van der Waals surface area contributed by atoms with Crippen molar-refractivity contribution in [3.8, 4) is 0 Å². The Hall–Kier alpha value is -1.07. The molecule has 5 heteroatoms. The molecule has 1 unspecified atom stereocenters. The molecule has 18 heavy (non-hydrogen) atoms. The Bertz CT molecular complexity index is 417. The average Bonchev–Trinajstić information content (AvgIpc) is 2.28. The first-order valence-corrected chi connectivity index (χ1v) is 5.68. The molecule has 0 amide bonds. The zero-order valence-corrected chi connectivity index (χ0v) is 10.7. The Kier molecular flexibility index (Phi) is 4.40. The minimum absolute atomic E-state index is 0.395.